The summed E-state index contributed by atoms with van der Waals surface area (Å²) in [6.45, 7) is 4.50. The maximum atomic E-state index is 12.1. The molecule has 1 heterocycles. The molecule has 0 aromatic heterocycles. The topological polar surface area (TPSA) is 38.3 Å². The smallest absolute Gasteiger partial charge is 0.252 e. The van der Waals surface area contributed by atoms with Crippen LogP contribution in [0.4, 0.5) is 0 Å². The molecule has 18 heavy (non-hydrogen) atoms. The van der Waals surface area contributed by atoms with Gasteiger partial charge in [0.25, 0.3) is 5.91 Å². The van der Waals surface area contributed by atoms with Crippen molar-refractivity contribution in [3.8, 4) is 0 Å². The number of hydrogen-bond donors (Lipinski definition) is 1. The molecule has 3 nitrogen and oxygen atoms in total. The summed E-state index contributed by atoms with van der Waals surface area (Å²) in [5.41, 5.74) is 0.850. The molecule has 0 aliphatic carbocycles. The first-order chi connectivity index (χ1) is 8.61. The average Bonchev–Trinajstić information content (AvgIpc) is 2.38. The molecule has 1 fully saturated rings. The lowest BCUT2D eigenvalue weighted by Crippen LogP contribution is -2.39. The quantitative estimate of drug-likeness (QED) is 0.932. The molecule has 1 amide bonds. The Labute approximate surface area is 116 Å². The fourth-order valence-electron chi connectivity index (χ4n) is 2.08. The van der Waals surface area contributed by atoms with Gasteiger partial charge in [-0.15, -0.1) is 0 Å². The van der Waals surface area contributed by atoms with E-state index in [9.17, 15) is 4.79 Å². The van der Waals surface area contributed by atoms with E-state index >= 15 is 0 Å². The number of rotatable bonds is 3. The van der Waals surface area contributed by atoms with E-state index in [1.165, 1.54) is 0 Å². The maximum Gasteiger partial charge on any atom is 0.252 e. The largest absolute Gasteiger partial charge is 0.381 e. The fraction of sp³-hybridized carbons (Fsp3) is 0.500. The van der Waals surface area contributed by atoms with Gasteiger partial charge in [0.05, 0.1) is 5.56 Å². The first-order valence-corrected chi connectivity index (χ1v) is 7.01. The number of carbonyl (C=O) groups is 1. The highest BCUT2D eigenvalue weighted by Crippen LogP contribution is 2.28. The van der Waals surface area contributed by atoms with Crippen LogP contribution in [0.3, 0.4) is 0 Å². The van der Waals surface area contributed by atoms with Gasteiger partial charge < -0.3 is 10.1 Å². The fourth-order valence-corrected chi connectivity index (χ4v) is 2.54. The normalized spacial score (nSPS) is 18.3. The van der Waals surface area contributed by atoms with Crippen LogP contribution in [-0.2, 0) is 4.74 Å². The van der Waals surface area contributed by atoms with Crippen LogP contribution in [0.1, 0.15) is 30.1 Å². The molecule has 1 N–H and O–H groups in total. The zero-order valence-electron chi connectivity index (χ0n) is 10.5. The van der Waals surface area contributed by atoms with E-state index in [1.54, 1.807) is 0 Å². The SMILES string of the molecule is CC1(CNC(=O)c2ccccc2Br)CCOCC1. The second kappa shape index (κ2) is 5.85. The predicted molar refractivity (Wildman–Crippen MR) is 74.6 cm³/mol. The molecule has 1 saturated heterocycles. The number of carbonyl (C=O) groups excluding carboxylic acids is 1. The molecule has 0 spiro atoms. The molecule has 0 saturated carbocycles. The summed E-state index contributed by atoms with van der Waals surface area (Å²) in [5, 5.41) is 3.03. The molecule has 0 atom stereocenters. The summed E-state index contributed by atoms with van der Waals surface area (Å²) >= 11 is 3.40. The highest BCUT2D eigenvalue weighted by atomic mass is 79.9. The summed E-state index contributed by atoms with van der Waals surface area (Å²) in [6.07, 6.45) is 2.01. The van der Waals surface area contributed by atoms with Crippen LogP contribution in [0.15, 0.2) is 28.7 Å². The van der Waals surface area contributed by atoms with Crippen LogP contribution in [0.2, 0.25) is 0 Å². The van der Waals surface area contributed by atoms with Crippen molar-refractivity contribution >= 4 is 21.8 Å². The van der Waals surface area contributed by atoms with Crippen molar-refractivity contribution in [2.24, 2.45) is 5.41 Å². The molecule has 0 unspecified atom stereocenters. The van der Waals surface area contributed by atoms with Crippen molar-refractivity contribution in [2.75, 3.05) is 19.8 Å². The third-order valence-corrected chi connectivity index (χ3v) is 4.19. The summed E-state index contributed by atoms with van der Waals surface area (Å²) in [4.78, 5) is 12.1. The Hall–Kier alpha value is -0.870. The summed E-state index contributed by atoms with van der Waals surface area (Å²) in [6, 6.07) is 7.48. The second-order valence-electron chi connectivity index (χ2n) is 5.09. The number of nitrogens with one attached hydrogen (secondary N) is 1. The average molecular weight is 312 g/mol. The lowest BCUT2D eigenvalue weighted by molar-refractivity contribution is 0.0238. The maximum absolute atomic E-state index is 12.1. The lowest BCUT2D eigenvalue weighted by atomic mass is 9.82. The first-order valence-electron chi connectivity index (χ1n) is 6.21. The van der Waals surface area contributed by atoms with Crippen molar-refractivity contribution in [2.45, 2.75) is 19.8 Å². The van der Waals surface area contributed by atoms with Crippen molar-refractivity contribution in [3.63, 3.8) is 0 Å². The third-order valence-electron chi connectivity index (χ3n) is 3.49. The van der Waals surface area contributed by atoms with Crippen LogP contribution in [0.5, 0.6) is 0 Å². The molecule has 1 aliphatic heterocycles. The van der Waals surface area contributed by atoms with Gasteiger partial charge in [0.1, 0.15) is 0 Å². The molecule has 1 aromatic carbocycles. The Bertz CT molecular complexity index is 428. The summed E-state index contributed by atoms with van der Waals surface area (Å²) in [7, 11) is 0. The van der Waals surface area contributed by atoms with Crippen LogP contribution in [-0.4, -0.2) is 25.7 Å². The Morgan fingerprint density at radius 3 is 2.72 bits per heavy atom. The highest BCUT2D eigenvalue weighted by molar-refractivity contribution is 9.10. The van der Waals surface area contributed by atoms with E-state index < -0.39 is 0 Å². The molecular formula is C14H18BrNO2. The molecule has 0 bridgehead atoms. The Balaban J connectivity index is 1.94. The Morgan fingerprint density at radius 1 is 1.39 bits per heavy atom. The van der Waals surface area contributed by atoms with Crippen molar-refractivity contribution in [1.82, 2.24) is 5.32 Å². The number of hydrogen-bond acceptors (Lipinski definition) is 2. The monoisotopic (exact) mass is 311 g/mol. The molecule has 4 heteroatoms. The summed E-state index contributed by atoms with van der Waals surface area (Å²) in [5.74, 6) is -0.0183. The van der Waals surface area contributed by atoms with Gasteiger partial charge in [-0.3, -0.25) is 4.79 Å². The van der Waals surface area contributed by atoms with Crippen LogP contribution in [0, 0.1) is 5.41 Å². The molecule has 98 valence electrons. The van der Waals surface area contributed by atoms with Gasteiger partial charge in [0.2, 0.25) is 0 Å². The number of ether oxygens (including phenoxy) is 1. The Kier molecular flexibility index (Phi) is 4.40. The van der Waals surface area contributed by atoms with E-state index in [2.05, 4.69) is 28.2 Å². The minimum atomic E-state index is -0.0183. The van der Waals surface area contributed by atoms with E-state index in [0.29, 0.717) is 12.1 Å². The predicted octanol–water partition coefficient (Wildman–Crippen LogP) is 3.00. The van der Waals surface area contributed by atoms with Gasteiger partial charge in [-0.25, -0.2) is 0 Å². The van der Waals surface area contributed by atoms with E-state index in [0.717, 1.165) is 30.5 Å². The standard InChI is InChI=1S/C14H18BrNO2/c1-14(6-8-18-9-7-14)10-16-13(17)11-4-2-3-5-12(11)15/h2-5H,6-10H2,1H3,(H,16,17). The van der Waals surface area contributed by atoms with E-state index in [-0.39, 0.29) is 11.3 Å². The highest BCUT2D eigenvalue weighted by Gasteiger charge is 2.27. The van der Waals surface area contributed by atoms with Crippen LogP contribution < -0.4 is 5.32 Å². The van der Waals surface area contributed by atoms with E-state index in [1.807, 2.05) is 24.3 Å². The Morgan fingerprint density at radius 2 is 2.06 bits per heavy atom. The van der Waals surface area contributed by atoms with Crippen molar-refractivity contribution in [3.05, 3.63) is 34.3 Å². The zero-order chi connectivity index (χ0) is 13.0. The molecular weight excluding hydrogens is 294 g/mol. The number of benzene rings is 1. The minimum Gasteiger partial charge on any atom is -0.381 e. The third kappa shape index (κ3) is 3.33. The van der Waals surface area contributed by atoms with Gasteiger partial charge in [-0.1, -0.05) is 19.1 Å². The van der Waals surface area contributed by atoms with Crippen LogP contribution in [0.25, 0.3) is 0 Å². The van der Waals surface area contributed by atoms with E-state index in [4.69, 9.17) is 4.74 Å². The lowest BCUT2D eigenvalue weighted by Gasteiger charge is -2.33. The molecule has 1 aliphatic rings. The zero-order valence-corrected chi connectivity index (χ0v) is 12.1. The summed E-state index contributed by atoms with van der Waals surface area (Å²) < 4.78 is 6.19. The minimum absolute atomic E-state index is 0.0183. The van der Waals surface area contributed by atoms with Gasteiger partial charge in [-0.2, -0.15) is 0 Å². The number of halogens is 1. The molecule has 1 aromatic rings. The first kappa shape index (κ1) is 13.6. The van der Waals surface area contributed by atoms with Crippen molar-refractivity contribution < 1.29 is 9.53 Å². The molecule has 0 radical (unpaired) electrons. The second-order valence-corrected chi connectivity index (χ2v) is 5.94. The van der Waals surface area contributed by atoms with Gasteiger partial charge in [-0.05, 0) is 46.3 Å². The molecule has 2 rings (SSSR count). The van der Waals surface area contributed by atoms with Crippen molar-refractivity contribution in [1.29, 1.82) is 0 Å². The van der Waals surface area contributed by atoms with Gasteiger partial charge in [0.15, 0.2) is 0 Å². The van der Waals surface area contributed by atoms with Gasteiger partial charge >= 0.3 is 0 Å². The van der Waals surface area contributed by atoms with Gasteiger partial charge in [0, 0.05) is 24.2 Å². The van der Waals surface area contributed by atoms with Crippen LogP contribution >= 0.6 is 15.9 Å². The number of amides is 1.